The summed E-state index contributed by atoms with van der Waals surface area (Å²) in [7, 11) is 0. The number of aromatic nitrogens is 5. The first-order chi connectivity index (χ1) is 15.1. The quantitative estimate of drug-likeness (QED) is 0.392. The first-order valence-corrected chi connectivity index (χ1v) is 10.8. The van der Waals surface area contributed by atoms with E-state index in [9.17, 15) is 4.79 Å². The monoisotopic (exact) mass is 449 g/mol. The molecule has 0 saturated heterocycles. The Morgan fingerprint density at radius 2 is 1.84 bits per heavy atom. The van der Waals surface area contributed by atoms with Gasteiger partial charge < -0.3 is 4.42 Å². The molecule has 0 bridgehead atoms. The molecule has 3 aromatic heterocycles. The van der Waals surface area contributed by atoms with E-state index in [-0.39, 0.29) is 5.56 Å². The second-order valence-electron chi connectivity index (χ2n) is 7.03. The van der Waals surface area contributed by atoms with Crippen LogP contribution in [-0.4, -0.2) is 25.0 Å². The lowest BCUT2D eigenvalue weighted by molar-refractivity contribution is 0.512. The second-order valence-corrected chi connectivity index (χ2v) is 8.72. The summed E-state index contributed by atoms with van der Waals surface area (Å²) < 4.78 is 7.78. The maximum atomic E-state index is 13.0. The first kappa shape index (κ1) is 19.6. The van der Waals surface area contributed by atoms with Crippen molar-refractivity contribution in [1.29, 1.82) is 0 Å². The predicted octanol–water partition coefficient (Wildman–Crippen LogP) is 4.50. The van der Waals surface area contributed by atoms with Gasteiger partial charge in [-0.1, -0.05) is 48.0 Å². The number of benzene rings is 2. The molecule has 5 aromatic rings. The van der Waals surface area contributed by atoms with Crippen LogP contribution in [0, 0.1) is 6.92 Å². The van der Waals surface area contributed by atoms with Gasteiger partial charge in [0.1, 0.15) is 0 Å². The fourth-order valence-electron chi connectivity index (χ4n) is 3.44. The summed E-state index contributed by atoms with van der Waals surface area (Å²) in [6.45, 7) is 2.29. The Balaban J connectivity index is 1.54. The third-order valence-corrected chi connectivity index (χ3v) is 6.04. The Bertz CT molecular complexity index is 1460. The number of rotatable bonds is 5. The fourth-order valence-corrected chi connectivity index (χ4v) is 4.40. The van der Waals surface area contributed by atoms with Crippen molar-refractivity contribution in [3.8, 4) is 11.5 Å². The van der Waals surface area contributed by atoms with Crippen LogP contribution in [0.2, 0.25) is 4.47 Å². The number of halogens is 1. The van der Waals surface area contributed by atoms with E-state index in [1.807, 2.05) is 49.4 Å². The minimum absolute atomic E-state index is 0.171. The molecular weight excluding hydrogens is 434 g/mol. The highest BCUT2D eigenvalue weighted by molar-refractivity contribution is 7.15. The highest BCUT2D eigenvalue weighted by Crippen LogP contribution is 2.24. The third-order valence-electron chi connectivity index (χ3n) is 4.94. The molecule has 3 heterocycles. The number of nitrogens with zero attached hydrogens (tertiary/aromatic N) is 5. The van der Waals surface area contributed by atoms with Gasteiger partial charge in [-0.25, -0.2) is 9.67 Å². The predicted molar refractivity (Wildman–Crippen MR) is 120 cm³/mol. The van der Waals surface area contributed by atoms with E-state index in [0.29, 0.717) is 40.3 Å². The normalized spacial score (nSPS) is 11.3. The molecule has 0 aliphatic carbocycles. The molecule has 0 atom stereocenters. The lowest BCUT2D eigenvalue weighted by Crippen LogP contribution is -2.25. The van der Waals surface area contributed by atoms with Gasteiger partial charge in [-0.15, -0.1) is 21.5 Å². The van der Waals surface area contributed by atoms with Crippen LogP contribution in [-0.2, 0) is 13.0 Å². The smallest absolute Gasteiger partial charge is 0.274 e. The number of hydrogen-bond donors (Lipinski definition) is 0. The summed E-state index contributed by atoms with van der Waals surface area (Å²) in [5, 5.41) is 14.4. The summed E-state index contributed by atoms with van der Waals surface area (Å²) in [6.07, 6.45) is 1.96. The number of hydrogen-bond acceptors (Lipinski definition) is 7. The van der Waals surface area contributed by atoms with Crippen LogP contribution in [0.25, 0.3) is 22.2 Å². The van der Waals surface area contributed by atoms with Crippen LogP contribution in [0.4, 0.5) is 0 Å². The van der Waals surface area contributed by atoms with Gasteiger partial charge in [0.2, 0.25) is 11.8 Å². The molecule has 0 spiro atoms. The molecule has 7 nitrogen and oxygen atoms in total. The Hall–Kier alpha value is -3.36. The molecule has 0 saturated carbocycles. The van der Waals surface area contributed by atoms with Crippen molar-refractivity contribution in [1.82, 2.24) is 25.0 Å². The van der Waals surface area contributed by atoms with Gasteiger partial charge >= 0.3 is 0 Å². The number of aryl methyl sites for hydroxylation is 1. The molecular formula is C22H16ClN5O2S. The molecule has 0 amide bonds. The largest absolute Gasteiger partial charge is 0.420 e. The van der Waals surface area contributed by atoms with Crippen LogP contribution in [0.5, 0.6) is 0 Å². The van der Waals surface area contributed by atoms with Crippen LogP contribution in [0.3, 0.4) is 0 Å². The van der Waals surface area contributed by atoms with E-state index in [2.05, 4.69) is 20.3 Å². The Morgan fingerprint density at radius 3 is 2.61 bits per heavy atom. The minimum Gasteiger partial charge on any atom is -0.420 e. The van der Waals surface area contributed by atoms with Gasteiger partial charge in [-0.3, -0.25) is 4.79 Å². The van der Waals surface area contributed by atoms with Crippen molar-refractivity contribution in [3.05, 3.63) is 91.6 Å². The molecule has 0 fully saturated rings. The standard InChI is InChI=1S/C22H16ClN5O2S/c1-13-6-2-3-7-15(13)20-26-25-19(30-20)10-18-16-8-4-5-9-17(16)21(29)28(27-18)12-14-11-24-22(23)31-14/h2-9,11H,10,12H2,1H3. The van der Waals surface area contributed by atoms with E-state index in [1.165, 1.54) is 16.0 Å². The van der Waals surface area contributed by atoms with Gasteiger partial charge in [0, 0.05) is 22.0 Å². The van der Waals surface area contributed by atoms with Gasteiger partial charge in [0.05, 0.1) is 24.0 Å². The van der Waals surface area contributed by atoms with Gasteiger partial charge in [0.15, 0.2) is 4.47 Å². The van der Waals surface area contributed by atoms with Gasteiger partial charge in [-0.2, -0.15) is 5.10 Å². The topological polar surface area (TPSA) is 86.7 Å². The Kier molecular flexibility index (Phi) is 5.09. The average molecular weight is 450 g/mol. The zero-order chi connectivity index (χ0) is 21.4. The number of thiazole rings is 1. The summed E-state index contributed by atoms with van der Waals surface area (Å²) in [5.74, 6) is 0.895. The summed E-state index contributed by atoms with van der Waals surface area (Å²) >= 11 is 7.26. The number of fused-ring (bicyclic) bond motifs is 1. The van der Waals surface area contributed by atoms with Gasteiger partial charge in [0.25, 0.3) is 5.56 Å². The fraction of sp³-hybridized carbons (Fsp3) is 0.136. The second kappa shape index (κ2) is 8.05. The van der Waals surface area contributed by atoms with Crippen LogP contribution < -0.4 is 5.56 Å². The molecule has 0 aliphatic rings. The van der Waals surface area contributed by atoms with E-state index < -0.39 is 0 Å². The average Bonchev–Trinajstić information content (AvgIpc) is 3.40. The van der Waals surface area contributed by atoms with E-state index >= 15 is 0 Å². The molecule has 5 rings (SSSR count). The summed E-state index contributed by atoms with van der Waals surface area (Å²) in [4.78, 5) is 17.9. The summed E-state index contributed by atoms with van der Waals surface area (Å²) in [5.41, 5.74) is 2.46. The van der Waals surface area contributed by atoms with Crippen LogP contribution in [0.1, 0.15) is 22.0 Å². The highest BCUT2D eigenvalue weighted by Gasteiger charge is 2.16. The molecule has 0 N–H and O–H groups in total. The van der Waals surface area contributed by atoms with Crippen molar-refractivity contribution in [2.45, 2.75) is 19.9 Å². The molecule has 0 aliphatic heterocycles. The molecule has 2 aromatic carbocycles. The Morgan fingerprint density at radius 1 is 1.06 bits per heavy atom. The maximum Gasteiger partial charge on any atom is 0.274 e. The highest BCUT2D eigenvalue weighted by atomic mass is 35.5. The molecule has 154 valence electrons. The first-order valence-electron chi connectivity index (χ1n) is 9.56. The zero-order valence-electron chi connectivity index (χ0n) is 16.4. The molecule has 31 heavy (non-hydrogen) atoms. The van der Waals surface area contributed by atoms with Crippen molar-refractivity contribution in [3.63, 3.8) is 0 Å². The van der Waals surface area contributed by atoms with E-state index in [1.54, 1.807) is 12.3 Å². The summed E-state index contributed by atoms with van der Waals surface area (Å²) in [6, 6.07) is 15.2. The lowest BCUT2D eigenvalue weighted by atomic mass is 10.1. The lowest BCUT2D eigenvalue weighted by Gasteiger charge is -2.09. The van der Waals surface area contributed by atoms with E-state index in [0.717, 1.165) is 21.4 Å². The molecule has 0 unspecified atom stereocenters. The molecule has 9 heteroatoms. The third kappa shape index (κ3) is 3.87. The SMILES string of the molecule is Cc1ccccc1-c1nnc(Cc2nn(Cc3cnc(Cl)s3)c(=O)c3ccccc23)o1. The van der Waals surface area contributed by atoms with Crippen molar-refractivity contribution >= 4 is 33.7 Å². The Labute approximate surface area is 186 Å². The van der Waals surface area contributed by atoms with Crippen LogP contribution in [0.15, 0.2) is 63.9 Å². The van der Waals surface area contributed by atoms with Crippen molar-refractivity contribution in [2.75, 3.05) is 0 Å². The van der Waals surface area contributed by atoms with Crippen molar-refractivity contribution < 1.29 is 4.42 Å². The zero-order valence-corrected chi connectivity index (χ0v) is 18.0. The van der Waals surface area contributed by atoms with Crippen molar-refractivity contribution in [2.24, 2.45) is 0 Å². The van der Waals surface area contributed by atoms with Crippen LogP contribution >= 0.6 is 22.9 Å². The van der Waals surface area contributed by atoms with Gasteiger partial charge in [-0.05, 0) is 24.6 Å². The van der Waals surface area contributed by atoms with E-state index in [4.69, 9.17) is 16.0 Å². The minimum atomic E-state index is -0.171. The molecule has 0 radical (unpaired) electrons. The maximum absolute atomic E-state index is 13.0.